The molecule has 118 valence electrons. The zero-order valence-electron chi connectivity index (χ0n) is 14.1. The first-order valence-electron chi connectivity index (χ1n) is 8.45. The Morgan fingerprint density at radius 2 is 2.00 bits per heavy atom. The molecule has 3 atom stereocenters. The zero-order valence-corrected chi connectivity index (χ0v) is 14.1. The molecule has 1 aliphatic rings. The van der Waals surface area contributed by atoms with Crippen molar-refractivity contribution in [3.8, 4) is 5.75 Å². The molecule has 0 radical (unpaired) electrons. The molecule has 2 nitrogen and oxygen atoms in total. The summed E-state index contributed by atoms with van der Waals surface area (Å²) in [5.41, 5.74) is 1.41. The van der Waals surface area contributed by atoms with Crippen LogP contribution < -0.4 is 10.1 Å². The molecule has 0 bridgehead atoms. The topological polar surface area (TPSA) is 21.3 Å². The molecule has 0 amide bonds. The number of hydrogen-bond donors (Lipinski definition) is 1. The van der Waals surface area contributed by atoms with E-state index in [1.165, 1.54) is 24.8 Å². The minimum absolute atomic E-state index is 0.629. The van der Waals surface area contributed by atoms with E-state index in [2.05, 4.69) is 50.4 Å². The Balaban J connectivity index is 2.11. The van der Waals surface area contributed by atoms with Gasteiger partial charge in [-0.3, -0.25) is 0 Å². The van der Waals surface area contributed by atoms with Crippen LogP contribution in [0.25, 0.3) is 0 Å². The zero-order chi connectivity index (χ0) is 15.2. The number of ether oxygens (including phenoxy) is 1. The van der Waals surface area contributed by atoms with Crippen molar-refractivity contribution >= 4 is 0 Å². The van der Waals surface area contributed by atoms with Crippen LogP contribution in [0.4, 0.5) is 0 Å². The van der Waals surface area contributed by atoms with Crippen LogP contribution in [-0.4, -0.2) is 20.2 Å². The van der Waals surface area contributed by atoms with E-state index in [-0.39, 0.29) is 0 Å². The number of hydrogen-bond acceptors (Lipinski definition) is 2. The van der Waals surface area contributed by atoms with Crippen LogP contribution in [0.1, 0.15) is 51.5 Å². The molecule has 1 saturated carbocycles. The Morgan fingerprint density at radius 3 is 2.71 bits per heavy atom. The van der Waals surface area contributed by atoms with Gasteiger partial charge in [-0.1, -0.05) is 45.4 Å². The van der Waals surface area contributed by atoms with Gasteiger partial charge in [0.25, 0.3) is 0 Å². The first-order chi connectivity index (χ1) is 10.1. The van der Waals surface area contributed by atoms with Crippen molar-refractivity contribution in [2.45, 2.75) is 46.0 Å². The summed E-state index contributed by atoms with van der Waals surface area (Å²) < 4.78 is 5.60. The molecule has 0 aromatic heterocycles. The van der Waals surface area contributed by atoms with Gasteiger partial charge in [0.2, 0.25) is 0 Å². The van der Waals surface area contributed by atoms with Crippen LogP contribution in [0, 0.1) is 17.8 Å². The van der Waals surface area contributed by atoms with E-state index >= 15 is 0 Å². The van der Waals surface area contributed by atoms with E-state index in [0.717, 1.165) is 36.6 Å². The van der Waals surface area contributed by atoms with Crippen LogP contribution in [-0.2, 0) is 0 Å². The van der Waals surface area contributed by atoms with Crippen molar-refractivity contribution in [1.82, 2.24) is 5.32 Å². The lowest BCUT2D eigenvalue weighted by molar-refractivity contribution is 0.235. The summed E-state index contributed by atoms with van der Waals surface area (Å²) in [5, 5.41) is 3.67. The average Bonchev–Trinajstić information content (AvgIpc) is 2.48. The maximum atomic E-state index is 5.60. The number of rotatable bonds is 6. The van der Waals surface area contributed by atoms with Gasteiger partial charge in [-0.2, -0.15) is 0 Å². The minimum Gasteiger partial charge on any atom is -0.496 e. The molecule has 3 unspecified atom stereocenters. The van der Waals surface area contributed by atoms with Crippen molar-refractivity contribution in [1.29, 1.82) is 0 Å². The highest BCUT2D eigenvalue weighted by molar-refractivity contribution is 5.37. The quantitative estimate of drug-likeness (QED) is 0.835. The molecule has 21 heavy (non-hydrogen) atoms. The summed E-state index contributed by atoms with van der Waals surface area (Å²) in [6.07, 6.45) is 3.98. The van der Waals surface area contributed by atoms with Gasteiger partial charge < -0.3 is 10.1 Å². The Bertz CT molecular complexity index is 429. The van der Waals surface area contributed by atoms with Crippen molar-refractivity contribution < 1.29 is 4.74 Å². The summed E-state index contributed by atoms with van der Waals surface area (Å²) in [7, 11) is 1.79. The highest BCUT2D eigenvalue weighted by Gasteiger charge is 2.31. The lowest BCUT2D eigenvalue weighted by Gasteiger charge is -2.36. The molecule has 2 heteroatoms. The maximum absolute atomic E-state index is 5.60. The molecule has 1 aromatic carbocycles. The van der Waals surface area contributed by atoms with Crippen LogP contribution in [0.2, 0.25) is 0 Å². The SMILES string of the molecule is COc1ccccc1C1CC(C)CCC1CNCC(C)C. The van der Waals surface area contributed by atoms with E-state index in [0.29, 0.717) is 5.92 Å². The van der Waals surface area contributed by atoms with Gasteiger partial charge >= 0.3 is 0 Å². The van der Waals surface area contributed by atoms with Crippen LogP contribution in [0.15, 0.2) is 24.3 Å². The predicted octanol–water partition coefficient (Wildman–Crippen LogP) is 4.46. The second-order valence-electron chi connectivity index (χ2n) is 7.08. The first kappa shape index (κ1) is 16.4. The van der Waals surface area contributed by atoms with Crippen molar-refractivity contribution in [3.05, 3.63) is 29.8 Å². The van der Waals surface area contributed by atoms with Gasteiger partial charge in [0, 0.05) is 0 Å². The van der Waals surface area contributed by atoms with Gasteiger partial charge in [-0.25, -0.2) is 0 Å². The fourth-order valence-corrected chi connectivity index (χ4v) is 3.60. The Kier molecular flexibility index (Phi) is 6.10. The summed E-state index contributed by atoms with van der Waals surface area (Å²) in [5.74, 6) is 3.96. The molecule has 0 saturated heterocycles. The van der Waals surface area contributed by atoms with Crippen molar-refractivity contribution in [3.63, 3.8) is 0 Å². The summed E-state index contributed by atoms with van der Waals surface area (Å²) in [6, 6.07) is 8.58. The standard InChI is InChI=1S/C19H31NO/c1-14(2)12-20-13-16-10-9-15(3)11-18(16)17-7-5-6-8-19(17)21-4/h5-8,14-16,18,20H,9-13H2,1-4H3. The summed E-state index contributed by atoms with van der Waals surface area (Å²) in [6.45, 7) is 9.18. The normalized spacial score (nSPS) is 26.0. The third-order valence-electron chi connectivity index (χ3n) is 4.75. The van der Waals surface area contributed by atoms with Gasteiger partial charge in [0.15, 0.2) is 0 Å². The van der Waals surface area contributed by atoms with E-state index in [9.17, 15) is 0 Å². The molecule has 1 N–H and O–H groups in total. The molecular formula is C19H31NO. The van der Waals surface area contributed by atoms with Gasteiger partial charge in [-0.15, -0.1) is 0 Å². The third kappa shape index (κ3) is 4.47. The molecule has 2 rings (SSSR count). The first-order valence-corrected chi connectivity index (χ1v) is 8.45. The van der Waals surface area contributed by atoms with Crippen LogP contribution >= 0.6 is 0 Å². The molecule has 1 aliphatic carbocycles. The molecule has 1 aromatic rings. The lowest BCUT2D eigenvalue weighted by atomic mass is 9.71. The number of para-hydroxylation sites is 1. The maximum Gasteiger partial charge on any atom is 0.122 e. The lowest BCUT2D eigenvalue weighted by Crippen LogP contribution is -2.33. The average molecular weight is 289 g/mol. The minimum atomic E-state index is 0.629. The second-order valence-corrected chi connectivity index (χ2v) is 7.08. The molecule has 1 fully saturated rings. The fraction of sp³-hybridized carbons (Fsp3) is 0.684. The fourth-order valence-electron chi connectivity index (χ4n) is 3.60. The Hall–Kier alpha value is -1.02. The number of nitrogens with one attached hydrogen (secondary N) is 1. The van der Waals surface area contributed by atoms with Crippen molar-refractivity contribution in [2.75, 3.05) is 20.2 Å². The Labute approximate surface area is 130 Å². The highest BCUT2D eigenvalue weighted by Crippen LogP contribution is 2.43. The Morgan fingerprint density at radius 1 is 1.24 bits per heavy atom. The van der Waals surface area contributed by atoms with Crippen LogP contribution in [0.3, 0.4) is 0 Å². The second kappa shape index (κ2) is 7.84. The summed E-state index contributed by atoms with van der Waals surface area (Å²) >= 11 is 0. The summed E-state index contributed by atoms with van der Waals surface area (Å²) in [4.78, 5) is 0. The molecule has 0 heterocycles. The molecule has 0 spiro atoms. The van der Waals surface area contributed by atoms with Crippen molar-refractivity contribution in [2.24, 2.45) is 17.8 Å². The molecular weight excluding hydrogens is 258 g/mol. The smallest absolute Gasteiger partial charge is 0.122 e. The van der Waals surface area contributed by atoms with Crippen LogP contribution in [0.5, 0.6) is 5.75 Å². The number of methoxy groups -OCH3 is 1. The highest BCUT2D eigenvalue weighted by atomic mass is 16.5. The van der Waals surface area contributed by atoms with E-state index < -0.39 is 0 Å². The largest absolute Gasteiger partial charge is 0.496 e. The number of benzene rings is 1. The van der Waals surface area contributed by atoms with E-state index in [4.69, 9.17) is 4.74 Å². The van der Waals surface area contributed by atoms with Gasteiger partial charge in [-0.05, 0) is 61.2 Å². The monoisotopic (exact) mass is 289 g/mol. The van der Waals surface area contributed by atoms with Gasteiger partial charge in [0.05, 0.1) is 7.11 Å². The van der Waals surface area contributed by atoms with Gasteiger partial charge in [0.1, 0.15) is 5.75 Å². The van der Waals surface area contributed by atoms with E-state index in [1.807, 2.05) is 0 Å². The molecule has 0 aliphatic heterocycles. The third-order valence-corrected chi connectivity index (χ3v) is 4.75. The van der Waals surface area contributed by atoms with E-state index in [1.54, 1.807) is 7.11 Å². The predicted molar refractivity (Wildman–Crippen MR) is 89.9 cm³/mol.